The zero-order valence-corrected chi connectivity index (χ0v) is 15.0. The second-order valence-corrected chi connectivity index (χ2v) is 6.86. The van der Waals surface area contributed by atoms with Crippen LogP contribution in [0.1, 0.15) is 53.8 Å². The van der Waals surface area contributed by atoms with Crippen molar-refractivity contribution in [2.75, 3.05) is 12.4 Å². The Kier molecular flexibility index (Phi) is 5.76. The van der Waals surface area contributed by atoms with E-state index < -0.39 is 0 Å². The summed E-state index contributed by atoms with van der Waals surface area (Å²) in [5.74, 6) is -0.222. The van der Waals surface area contributed by atoms with Crippen molar-refractivity contribution in [2.45, 2.75) is 51.6 Å². The molecule has 1 amide bonds. The zero-order valence-electron chi connectivity index (χ0n) is 15.0. The Labute approximate surface area is 149 Å². The SMILES string of the molecule is Cc1cnc(C(=O)Nc2ccccc2CN(C)C2CCCCC2)cn1. The largest absolute Gasteiger partial charge is 0.320 e. The van der Waals surface area contributed by atoms with Gasteiger partial charge in [-0.1, -0.05) is 37.5 Å². The van der Waals surface area contributed by atoms with Crippen LogP contribution in [0.2, 0.25) is 0 Å². The molecule has 1 aromatic heterocycles. The lowest BCUT2D eigenvalue weighted by Crippen LogP contribution is -2.33. The van der Waals surface area contributed by atoms with E-state index in [9.17, 15) is 4.79 Å². The van der Waals surface area contributed by atoms with Gasteiger partial charge < -0.3 is 5.32 Å². The monoisotopic (exact) mass is 338 g/mol. The van der Waals surface area contributed by atoms with Crippen LogP contribution in [-0.2, 0) is 6.54 Å². The molecule has 132 valence electrons. The molecule has 0 unspecified atom stereocenters. The average molecular weight is 338 g/mol. The number of benzene rings is 1. The van der Waals surface area contributed by atoms with Crippen molar-refractivity contribution >= 4 is 11.6 Å². The van der Waals surface area contributed by atoms with Crippen molar-refractivity contribution in [3.63, 3.8) is 0 Å². The Hall–Kier alpha value is -2.27. The summed E-state index contributed by atoms with van der Waals surface area (Å²) in [7, 11) is 2.18. The molecule has 1 saturated carbocycles. The number of carbonyl (C=O) groups excluding carboxylic acids is 1. The molecule has 5 nitrogen and oxygen atoms in total. The molecule has 0 radical (unpaired) electrons. The van der Waals surface area contributed by atoms with Crippen molar-refractivity contribution in [2.24, 2.45) is 0 Å². The number of nitrogens with zero attached hydrogens (tertiary/aromatic N) is 3. The molecular weight excluding hydrogens is 312 g/mol. The second-order valence-electron chi connectivity index (χ2n) is 6.86. The van der Waals surface area contributed by atoms with Gasteiger partial charge in [-0.05, 0) is 38.4 Å². The fourth-order valence-corrected chi connectivity index (χ4v) is 3.40. The number of rotatable bonds is 5. The predicted molar refractivity (Wildman–Crippen MR) is 99.5 cm³/mol. The molecule has 25 heavy (non-hydrogen) atoms. The summed E-state index contributed by atoms with van der Waals surface area (Å²) < 4.78 is 0. The van der Waals surface area contributed by atoms with E-state index in [2.05, 4.69) is 33.3 Å². The Balaban J connectivity index is 1.69. The minimum absolute atomic E-state index is 0.222. The van der Waals surface area contributed by atoms with E-state index in [0.717, 1.165) is 23.5 Å². The Morgan fingerprint density at radius 3 is 2.64 bits per heavy atom. The number of hydrogen-bond donors (Lipinski definition) is 1. The highest BCUT2D eigenvalue weighted by Crippen LogP contribution is 2.25. The Morgan fingerprint density at radius 2 is 1.92 bits per heavy atom. The van der Waals surface area contributed by atoms with Gasteiger partial charge in [0.05, 0.1) is 11.9 Å². The third-order valence-electron chi connectivity index (χ3n) is 4.90. The van der Waals surface area contributed by atoms with Crippen LogP contribution in [0.3, 0.4) is 0 Å². The van der Waals surface area contributed by atoms with Crippen LogP contribution in [0.15, 0.2) is 36.7 Å². The molecule has 1 aromatic carbocycles. The molecule has 1 heterocycles. The van der Waals surface area contributed by atoms with E-state index >= 15 is 0 Å². The summed E-state index contributed by atoms with van der Waals surface area (Å²) in [6, 6.07) is 8.63. The lowest BCUT2D eigenvalue weighted by Gasteiger charge is -2.31. The maximum atomic E-state index is 12.4. The average Bonchev–Trinajstić information content (AvgIpc) is 2.64. The minimum Gasteiger partial charge on any atom is -0.320 e. The standard InChI is InChI=1S/C20H26N4O/c1-15-12-22-19(13-21-15)20(25)23-18-11-7-6-8-16(18)14-24(2)17-9-4-3-5-10-17/h6-8,11-13,17H,3-5,9-10,14H2,1-2H3,(H,23,25). The quantitative estimate of drug-likeness (QED) is 0.901. The molecular formula is C20H26N4O. The van der Waals surface area contributed by atoms with E-state index in [1.165, 1.54) is 38.3 Å². The van der Waals surface area contributed by atoms with Crippen LogP contribution in [0, 0.1) is 6.92 Å². The number of amides is 1. The van der Waals surface area contributed by atoms with Gasteiger partial charge in [0.25, 0.3) is 5.91 Å². The Bertz CT molecular complexity index is 708. The summed E-state index contributed by atoms with van der Waals surface area (Å²) in [6.45, 7) is 2.69. The maximum Gasteiger partial charge on any atom is 0.275 e. The van der Waals surface area contributed by atoms with E-state index in [0.29, 0.717) is 11.7 Å². The number of carbonyl (C=O) groups is 1. The van der Waals surface area contributed by atoms with Crippen molar-refractivity contribution in [1.29, 1.82) is 0 Å². The maximum absolute atomic E-state index is 12.4. The third-order valence-corrected chi connectivity index (χ3v) is 4.90. The first kappa shape index (κ1) is 17.5. The predicted octanol–water partition coefficient (Wildman–Crippen LogP) is 3.80. The number of aromatic nitrogens is 2. The van der Waals surface area contributed by atoms with Crippen LogP contribution in [0.25, 0.3) is 0 Å². The summed E-state index contributed by atoms with van der Waals surface area (Å²) in [5.41, 5.74) is 3.11. The van der Waals surface area contributed by atoms with Gasteiger partial charge in [-0.2, -0.15) is 0 Å². The van der Waals surface area contributed by atoms with Crippen molar-refractivity contribution in [3.8, 4) is 0 Å². The molecule has 0 spiro atoms. The summed E-state index contributed by atoms with van der Waals surface area (Å²) >= 11 is 0. The van der Waals surface area contributed by atoms with E-state index in [-0.39, 0.29) is 5.91 Å². The van der Waals surface area contributed by atoms with Crippen LogP contribution in [0.4, 0.5) is 5.69 Å². The first-order valence-electron chi connectivity index (χ1n) is 9.01. The topological polar surface area (TPSA) is 58.1 Å². The van der Waals surface area contributed by atoms with Gasteiger partial charge in [0.2, 0.25) is 0 Å². The number of aryl methyl sites for hydroxylation is 1. The van der Waals surface area contributed by atoms with Gasteiger partial charge in [-0.25, -0.2) is 4.98 Å². The van der Waals surface area contributed by atoms with Crippen LogP contribution < -0.4 is 5.32 Å². The van der Waals surface area contributed by atoms with Gasteiger partial charge in [-0.3, -0.25) is 14.7 Å². The van der Waals surface area contributed by atoms with Crippen molar-refractivity contribution in [1.82, 2.24) is 14.9 Å². The number of para-hydroxylation sites is 1. The molecule has 2 aromatic rings. The molecule has 5 heteroatoms. The second kappa shape index (κ2) is 8.21. The lowest BCUT2D eigenvalue weighted by molar-refractivity contribution is 0.102. The van der Waals surface area contributed by atoms with E-state index in [1.807, 2.05) is 25.1 Å². The number of nitrogens with one attached hydrogen (secondary N) is 1. The van der Waals surface area contributed by atoms with Crippen molar-refractivity contribution < 1.29 is 4.79 Å². The van der Waals surface area contributed by atoms with Crippen LogP contribution >= 0.6 is 0 Å². The molecule has 1 aliphatic rings. The lowest BCUT2D eigenvalue weighted by atomic mass is 9.94. The van der Waals surface area contributed by atoms with Gasteiger partial charge in [-0.15, -0.1) is 0 Å². The third kappa shape index (κ3) is 4.63. The molecule has 1 N–H and O–H groups in total. The zero-order chi connectivity index (χ0) is 17.6. The smallest absolute Gasteiger partial charge is 0.275 e. The van der Waals surface area contributed by atoms with Crippen molar-refractivity contribution in [3.05, 3.63) is 53.6 Å². The highest BCUT2D eigenvalue weighted by Gasteiger charge is 2.19. The highest BCUT2D eigenvalue weighted by atomic mass is 16.1. The van der Waals surface area contributed by atoms with Crippen LogP contribution in [-0.4, -0.2) is 33.9 Å². The molecule has 1 aliphatic carbocycles. The fraction of sp³-hybridized carbons (Fsp3) is 0.450. The molecule has 0 bridgehead atoms. The van der Waals surface area contributed by atoms with Gasteiger partial charge in [0.1, 0.15) is 5.69 Å². The first-order chi connectivity index (χ1) is 12.1. The van der Waals surface area contributed by atoms with Gasteiger partial charge >= 0.3 is 0 Å². The van der Waals surface area contributed by atoms with E-state index in [1.54, 1.807) is 6.20 Å². The normalized spacial score (nSPS) is 15.3. The number of anilines is 1. The summed E-state index contributed by atoms with van der Waals surface area (Å²) in [4.78, 5) is 23.1. The highest BCUT2D eigenvalue weighted by molar-refractivity contribution is 6.03. The minimum atomic E-state index is -0.222. The molecule has 1 fully saturated rings. The first-order valence-corrected chi connectivity index (χ1v) is 9.01. The van der Waals surface area contributed by atoms with Crippen LogP contribution in [0.5, 0.6) is 0 Å². The molecule has 3 rings (SSSR count). The van der Waals surface area contributed by atoms with Gasteiger partial charge in [0, 0.05) is 24.5 Å². The van der Waals surface area contributed by atoms with Gasteiger partial charge in [0.15, 0.2) is 0 Å². The molecule has 0 aliphatic heterocycles. The van der Waals surface area contributed by atoms with E-state index in [4.69, 9.17) is 0 Å². The molecule has 0 atom stereocenters. The fourth-order valence-electron chi connectivity index (χ4n) is 3.40. The number of hydrogen-bond acceptors (Lipinski definition) is 4. The summed E-state index contributed by atoms with van der Waals surface area (Å²) in [5, 5.41) is 2.99. The summed E-state index contributed by atoms with van der Waals surface area (Å²) in [6.07, 6.45) is 9.65. The Morgan fingerprint density at radius 1 is 1.16 bits per heavy atom. The molecule has 0 saturated heterocycles.